The summed E-state index contributed by atoms with van der Waals surface area (Å²) >= 11 is 0. The lowest BCUT2D eigenvalue weighted by Crippen LogP contribution is -2.32. The number of likely N-dealkylation sites (N-methyl/N-ethyl adjacent to an activating group) is 1. The molecule has 1 saturated heterocycles. The van der Waals surface area contributed by atoms with E-state index in [0.29, 0.717) is 0 Å². The predicted molar refractivity (Wildman–Crippen MR) is 46.6 cm³/mol. The number of rotatable bonds is 3. The zero-order chi connectivity index (χ0) is 7.68. The second kappa shape index (κ2) is 3.11. The van der Waals surface area contributed by atoms with E-state index in [1.165, 1.54) is 38.9 Å². The molecule has 0 bridgehead atoms. The average molecular weight is 154 g/mol. The van der Waals surface area contributed by atoms with Crippen molar-refractivity contribution in [1.82, 2.24) is 10.2 Å². The first kappa shape index (κ1) is 7.56. The third-order valence-corrected chi connectivity index (χ3v) is 2.78. The molecule has 2 heteroatoms. The molecule has 1 saturated carbocycles. The Kier molecular flexibility index (Phi) is 2.14. The fourth-order valence-electron chi connectivity index (χ4n) is 1.76. The van der Waals surface area contributed by atoms with Crippen LogP contribution in [-0.4, -0.2) is 37.6 Å². The van der Waals surface area contributed by atoms with E-state index in [4.69, 9.17) is 0 Å². The highest BCUT2D eigenvalue weighted by molar-refractivity contribution is 4.82. The topological polar surface area (TPSA) is 15.3 Å². The van der Waals surface area contributed by atoms with Gasteiger partial charge in [-0.25, -0.2) is 0 Å². The highest BCUT2D eigenvalue weighted by Gasteiger charge is 2.24. The molecule has 1 aliphatic heterocycles. The highest BCUT2D eigenvalue weighted by Crippen LogP contribution is 2.27. The van der Waals surface area contributed by atoms with Gasteiger partial charge >= 0.3 is 0 Å². The molecular weight excluding hydrogens is 136 g/mol. The van der Waals surface area contributed by atoms with E-state index in [1.54, 1.807) is 0 Å². The van der Waals surface area contributed by atoms with E-state index in [1.807, 2.05) is 0 Å². The van der Waals surface area contributed by atoms with Gasteiger partial charge in [0, 0.05) is 12.6 Å². The number of hydrogen-bond acceptors (Lipinski definition) is 2. The van der Waals surface area contributed by atoms with Crippen molar-refractivity contribution in [3.63, 3.8) is 0 Å². The molecule has 2 rings (SSSR count). The van der Waals surface area contributed by atoms with Crippen molar-refractivity contribution in [2.24, 2.45) is 5.92 Å². The van der Waals surface area contributed by atoms with Crippen LogP contribution in [0.15, 0.2) is 0 Å². The summed E-state index contributed by atoms with van der Waals surface area (Å²) in [5, 5.41) is 3.63. The van der Waals surface area contributed by atoms with E-state index in [2.05, 4.69) is 17.3 Å². The first-order valence-electron chi connectivity index (χ1n) is 4.76. The third-order valence-electron chi connectivity index (χ3n) is 2.78. The van der Waals surface area contributed by atoms with Gasteiger partial charge in [-0.2, -0.15) is 0 Å². The van der Waals surface area contributed by atoms with Gasteiger partial charge in [-0.3, -0.25) is 0 Å². The minimum atomic E-state index is 0.792. The van der Waals surface area contributed by atoms with Crippen LogP contribution in [0.1, 0.15) is 19.3 Å². The molecule has 0 spiro atoms. The molecule has 11 heavy (non-hydrogen) atoms. The van der Waals surface area contributed by atoms with Crippen LogP contribution in [0, 0.1) is 5.92 Å². The minimum absolute atomic E-state index is 0.792. The van der Waals surface area contributed by atoms with Crippen LogP contribution in [0.3, 0.4) is 0 Å². The molecule has 0 amide bonds. The molecule has 2 aliphatic rings. The van der Waals surface area contributed by atoms with Crippen molar-refractivity contribution in [3.8, 4) is 0 Å². The Hall–Kier alpha value is -0.0800. The van der Waals surface area contributed by atoms with Crippen LogP contribution >= 0.6 is 0 Å². The highest BCUT2D eigenvalue weighted by atomic mass is 15.2. The van der Waals surface area contributed by atoms with Gasteiger partial charge in [0.25, 0.3) is 0 Å². The molecule has 1 aliphatic carbocycles. The molecule has 1 N–H and O–H groups in total. The van der Waals surface area contributed by atoms with Gasteiger partial charge in [-0.15, -0.1) is 0 Å². The summed E-state index contributed by atoms with van der Waals surface area (Å²) in [4.78, 5) is 2.41. The summed E-state index contributed by atoms with van der Waals surface area (Å²) in [6.45, 7) is 3.81. The second-order valence-electron chi connectivity index (χ2n) is 4.10. The van der Waals surface area contributed by atoms with E-state index < -0.39 is 0 Å². The lowest BCUT2D eigenvalue weighted by Gasteiger charge is -2.11. The maximum atomic E-state index is 3.63. The second-order valence-corrected chi connectivity index (χ2v) is 4.10. The Morgan fingerprint density at radius 3 is 2.73 bits per heavy atom. The van der Waals surface area contributed by atoms with Crippen LogP contribution in [-0.2, 0) is 0 Å². The molecule has 0 radical (unpaired) electrons. The van der Waals surface area contributed by atoms with Crippen molar-refractivity contribution in [2.75, 3.05) is 26.7 Å². The van der Waals surface area contributed by atoms with Gasteiger partial charge in [0.2, 0.25) is 0 Å². The molecule has 1 atom stereocenters. The lowest BCUT2D eigenvalue weighted by atomic mass is 10.2. The Morgan fingerprint density at radius 2 is 2.18 bits per heavy atom. The van der Waals surface area contributed by atoms with E-state index in [9.17, 15) is 0 Å². The largest absolute Gasteiger partial charge is 0.312 e. The summed E-state index contributed by atoms with van der Waals surface area (Å²) in [6.07, 6.45) is 4.29. The molecule has 64 valence electrons. The van der Waals surface area contributed by atoms with Crippen molar-refractivity contribution in [1.29, 1.82) is 0 Å². The Bertz CT molecular complexity index is 132. The number of nitrogens with one attached hydrogen (secondary N) is 1. The smallest absolute Gasteiger partial charge is 0.0207 e. The number of likely N-dealkylation sites (tertiary alicyclic amines) is 1. The molecule has 1 heterocycles. The summed E-state index contributed by atoms with van der Waals surface area (Å²) in [5.74, 6) is 1.03. The van der Waals surface area contributed by atoms with Gasteiger partial charge in [-0.1, -0.05) is 0 Å². The standard InChI is InChI=1S/C9H18N2/c1-11-5-4-9(7-11)10-6-8-2-3-8/h8-10H,2-7H2,1H3/t9-/m1/s1. The SMILES string of the molecule is CN1CC[C@@H](NCC2CC2)C1. The quantitative estimate of drug-likeness (QED) is 0.643. The normalized spacial score (nSPS) is 33.0. The van der Waals surface area contributed by atoms with Crippen LogP contribution < -0.4 is 5.32 Å². The van der Waals surface area contributed by atoms with Gasteiger partial charge in [0.1, 0.15) is 0 Å². The molecule has 0 aromatic rings. The van der Waals surface area contributed by atoms with Crippen molar-refractivity contribution in [3.05, 3.63) is 0 Å². The summed E-state index contributed by atoms with van der Waals surface area (Å²) in [5.41, 5.74) is 0. The molecular formula is C9H18N2. The Morgan fingerprint density at radius 1 is 1.36 bits per heavy atom. The van der Waals surface area contributed by atoms with Gasteiger partial charge in [0.15, 0.2) is 0 Å². The summed E-state index contributed by atoms with van der Waals surface area (Å²) in [6, 6.07) is 0.792. The van der Waals surface area contributed by atoms with Crippen molar-refractivity contribution in [2.45, 2.75) is 25.3 Å². The van der Waals surface area contributed by atoms with Crippen LogP contribution in [0.2, 0.25) is 0 Å². The molecule has 0 aromatic carbocycles. The zero-order valence-electron chi connectivity index (χ0n) is 7.34. The summed E-state index contributed by atoms with van der Waals surface area (Å²) in [7, 11) is 2.21. The van der Waals surface area contributed by atoms with Gasteiger partial charge < -0.3 is 10.2 Å². The molecule has 2 nitrogen and oxygen atoms in total. The fraction of sp³-hybridized carbons (Fsp3) is 1.00. The van der Waals surface area contributed by atoms with Crippen LogP contribution in [0.5, 0.6) is 0 Å². The zero-order valence-corrected chi connectivity index (χ0v) is 7.34. The maximum Gasteiger partial charge on any atom is 0.0207 e. The molecule has 2 fully saturated rings. The predicted octanol–water partition coefficient (Wildman–Crippen LogP) is 0.690. The lowest BCUT2D eigenvalue weighted by molar-refractivity contribution is 0.396. The number of hydrogen-bond donors (Lipinski definition) is 1. The third kappa shape index (κ3) is 2.17. The number of nitrogens with zero attached hydrogens (tertiary/aromatic N) is 1. The Balaban J connectivity index is 1.62. The van der Waals surface area contributed by atoms with Gasteiger partial charge in [0.05, 0.1) is 0 Å². The summed E-state index contributed by atoms with van der Waals surface area (Å²) < 4.78 is 0. The van der Waals surface area contributed by atoms with E-state index >= 15 is 0 Å². The van der Waals surface area contributed by atoms with Crippen molar-refractivity contribution < 1.29 is 0 Å². The molecule has 0 unspecified atom stereocenters. The fourth-order valence-corrected chi connectivity index (χ4v) is 1.76. The first-order valence-corrected chi connectivity index (χ1v) is 4.76. The maximum absolute atomic E-state index is 3.63. The monoisotopic (exact) mass is 154 g/mol. The van der Waals surface area contributed by atoms with Crippen LogP contribution in [0.25, 0.3) is 0 Å². The van der Waals surface area contributed by atoms with E-state index in [-0.39, 0.29) is 0 Å². The Labute approximate surface area is 69.0 Å². The van der Waals surface area contributed by atoms with Gasteiger partial charge in [-0.05, 0) is 45.3 Å². The minimum Gasteiger partial charge on any atom is -0.312 e. The average Bonchev–Trinajstić information content (AvgIpc) is 2.72. The van der Waals surface area contributed by atoms with E-state index in [0.717, 1.165) is 12.0 Å². The van der Waals surface area contributed by atoms with Crippen molar-refractivity contribution >= 4 is 0 Å². The van der Waals surface area contributed by atoms with Crippen LogP contribution in [0.4, 0.5) is 0 Å². The molecule has 0 aromatic heterocycles. The first-order chi connectivity index (χ1) is 5.34.